The van der Waals surface area contributed by atoms with Crippen molar-refractivity contribution in [3.8, 4) is 17.7 Å². The molecule has 6 heteroatoms. The molecule has 118 valence electrons. The van der Waals surface area contributed by atoms with Crippen molar-refractivity contribution < 1.29 is 4.74 Å². The van der Waals surface area contributed by atoms with Crippen LogP contribution in [0, 0.1) is 17.8 Å². The Hall–Kier alpha value is -1.61. The van der Waals surface area contributed by atoms with Crippen molar-refractivity contribution in [3.05, 3.63) is 40.5 Å². The van der Waals surface area contributed by atoms with Crippen LogP contribution in [0.4, 0.5) is 0 Å². The molecule has 3 heterocycles. The summed E-state index contributed by atoms with van der Waals surface area (Å²) < 4.78 is 14.5. The molecule has 3 atom stereocenters. The third kappa shape index (κ3) is 3.20. The van der Waals surface area contributed by atoms with Gasteiger partial charge in [0.25, 0.3) is 0 Å². The van der Waals surface area contributed by atoms with E-state index in [1.807, 2.05) is 24.3 Å². The first-order valence-corrected chi connectivity index (χ1v) is 8.82. The zero-order chi connectivity index (χ0) is 15.6. The van der Waals surface area contributed by atoms with E-state index in [9.17, 15) is 0 Å². The first kappa shape index (κ1) is 14.9. The molecule has 2 fully saturated rings. The Morgan fingerprint density at radius 3 is 2.87 bits per heavy atom. The Morgan fingerprint density at radius 2 is 2.13 bits per heavy atom. The lowest BCUT2D eigenvalue weighted by atomic mass is 9.90. The smallest absolute Gasteiger partial charge is 0.250 e. The molecule has 2 saturated heterocycles. The van der Waals surface area contributed by atoms with Crippen LogP contribution in [0.1, 0.15) is 23.6 Å². The molecule has 0 N–H and O–H groups in total. The fourth-order valence-corrected chi connectivity index (χ4v) is 4.07. The Morgan fingerprint density at radius 1 is 1.26 bits per heavy atom. The molecular weight excluding hydrogens is 330 g/mol. The van der Waals surface area contributed by atoms with E-state index < -0.39 is 0 Å². The highest BCUT2D eigenvalue weighted by Crippen LogP contribution is 2.41. The van der Waals surface area contributed by atoms with E-state index in [1.165, 1.54) is 31.2 Å². The molecule has 0 radical (unpaired) electrons. The Kier molecular flexibility index (Phi) is 4.21. The molecule has 0 aliphatic carbocycles. The molecule has 0 amide bonds. The first-order chi connectivity index (χ1) is 11.3. The molecule has 3 unspecified atom stereocenters. The average molecular weight is 346 g/mol. The van der Waals surface area contributed by atoms with Crippen LogP contribution in [0.2, 0.25) is 5.02 Å². The summed E-state index contributed by atoms with van der Waals surface area (Å²) in [6.45, 7) is 3.82. The van der Waals surface area contributed by atoms with Gasteiger partial charge in [0.2, 0.25) is 5.88 Å². The van der Waals surface area contributed by atoms with Gasteiger partial charge in [0.15, 0.2) is 6.61 Å². The number of aromatic nitrogens is 2. The van der Waals surface area contributed by atoms with Crippen LogP contribution in [0.15, 0.2) is 24.3 Å². The van der Waals surface area contributed by atoms with E-state index in [4.69, 9.17) is 16.3 Å². The maximum Gasteiger partial charge on any atom is 0.250 e. The number of nitrogens with zero attached hydrogens (tertiary/aromatic N) is 3. The minimum atomic E-state index is 0.322. The van der Waals surface area contributed by atoms with E-state index in [0.29, 0.717) is 29.3 Å². The van der Waals surface area contributed by atoms with Gasteiger partial charge < -0.3 is 9.64 Å². The molecule has 1 aromatic carbocycles. The van der Waals surface area contributed by atoms with Gasteiger partial charge in [-0.1, -0.05) is 23.4 Å². The van der Waals surface area contributed by atoms with Crippen molar-refractivity contribution in [1.29, 1.82) is 0 Å². The van der Waals surface area contributed by atoms with Crippen molar-refractivity contribution in [3.63, 3.8) is 0 Å². The molecule has 2 aliphatic heterocycles. The van der Waals surface area contributed by atoms with Crippen molar-refractivity contribution in [2.24, 2.45) is 5.92 Å². The zero-order valence-electron chi connectivity index (χ0n) is 12.5. The van der Waals surface area contributed by atoms with Gasteiger partial charge in [-0.25, -0.2) is 0 Å². The lowest BCUT2D eigenvalue weighted by molar-refractivity contribution is 0.323. The van der Waals surface area contributed by atoms with Gasteiger partial charge in [0.1, 0.15) is 5.69 Å². The summed E-state index contributed by atoms with van der Waals surface area (Å²) in [6, 6.07) is 7.46. The van der Waals surface area contributed by atoms with Gasteiger partial charge in [-0.3, -0.25) is 0 Å². The number of fused-ring (bicyclic) bond motifs is 2. The number of ether oxygens (including phenoxy) is 1. The fourth-order valence-electron chi connectivity index (χ4n) is 3.38. The van der Waals surface area contributed by atoms with Gasteiger partial charge in [0, 0.05) is 29.6 Å². The van der Waals surface area contributed by atoms with Gasteiger partial charge in [0.05, 0.1) is 11.7 Å². The van der Waals surface area contributed by atoms with Crippen LogP contribution in [0.25, 0.3) is 0 Å². The third-order valence-corrected chi connectivity index (χ3v) is 5.30. The van der Waals surface area contributed by atoms with Crippen LogP contribution >= 0.6 is 23.3 Å². The van der Waals surface area contributed by atoms with Crippen molar-refractivity contribution >= 4 is 23.3 Å². The van der Waals surface area contributed by atoms with Gasteiger partial charge in [-0.15, -0.1) is 4.37 Å². The number of halogens is 1. The van der Waals surface area contributed by atoms with E-state index in [1.54, 1.807) is 0 Å². The molecule has 23 heavy (non-hydrogen) atoms. The monoisotopic (exact) mass is 345 g/mol. The zero-order valence-corrected chi connectivity index (χ0v) is 14.1. The molecule has 0 spiro atoms. The molecule has 4 rings (SSSR count). The van der Waals surface area contributed by atoms with Gasteiger partial charge in [-0.2, -0.15) is 4.37 Å². The highest BCUT2D eigenvalue weighted by atomic mass is 35.5. The van der Waals surface area contributed by atoms with Crippen LogP contribution in [0.5, 0.6) is 5.88 Å². The van der Waals surface area contributed by atoms with E-state index in [2.05, 4.69) is 25.5 Å². The number of rotatable bonds is 3. The summed E-state index contributed by atoms with van der Waals surface area (Å²) in [4.78, 5) is 2.50. The number of piperidine rings is 1. The fraction of sp³-hybridized carbons (Fsp3) is 0.412. The highest BCUT2D eigenvalue weighted by molar-refractivity contribution is 6.99. The second-order valence-corrected chi connectivity index (χ2v) is 6.93. The first-order valence-electron chi connectivity index (χ1n) is 7.71. The van der Waals surface area contributed by atoms with Crippen LogP contribution < -0.4 is 4.74 Å². The summed E-state index contributed by atoms with van der Waals surface area (Å²) in [7, 11) is 0. The summed E-state index contributed by atoms with van der Waals surface area (Å²) in [6.07, 6.45) is 1.26. The number of hydrogen-bond donors (Lipinski definition) is 0. The van der Waals surface area contributed by atoms with Crippen molar-refractivity contribution in [1.82, 2.24) is 13.6 Å². The van der Waals surface area contributed by atoms with Crippen LogP contribution in [0.3, 0.4) is 0 Å². The number of hydrogen-bond acceptors (Lipinski definition) is 5. The summed E-state index contributed by atoms with van der Waals surface area (Å²) in [5.74, 6) is 7.94. The topological polar surface area (TPSA) is 38.3 Å². The van der Waals surface area contributed by atoms with Crippen LogP contribution in [-0.4, -0.2) is 39.9 Å². The Labute approximate surface area is 144 Å². The predicted molar refractivity (Wildman–Crippen MR) is 91.0 cm³/mol. The highest BCUT2D eigenvalue weighted by Gasteiger charge is 2.41. The Bertz CT molecular complexity index is 749. The van der Waals surface area contributed by atoms with E-state index in [0.717, 1.165) is 17.8 Å². The normalized spacial score (nSPS) is 25.2. The maximum absolute atomic E-state index is 5.86. The molecule has 1 aromatic heterocycles. The Balaban J connectivity index is 1.39. The van der Waals surface area contributed by atoms with Gasteiger partial charge >= 0.3 is 0 Å². The molecule has 2 aromatic rings. The molecule has 2 aliphatic rings. The molecule has 4 nitrogen and oxygen atoms in total. The summed E-state index contributed by atoms with van der Waals surface area (Å²) in [5, 5.41) is 0.714. The molecule has 0 saturated carbocycles. The molecule has 2 bridgehead atoms. The largest absolute Gasteiger partial charge is 0.463 e. The third-order valence-electron chi connectivity index (χ3n) is 4.52. The number of benzene rings is 1. The lowest BCUT2D eigenvalue weighted by Crippen LogP contribution is -2.22. The maximum atomic E-state index is 5.86. The van der Waals surface area contributed by atoms with Crippen LogP contribution in [-0.2, 0) is 0 Å². The minimum absolute atomic E-state index is 0.322. The predicted octanol–water partition coefficient (Wildman–Crippen LogP) is 3.04. The summed E-state index contributed by atoms with van der Waals surface area (Å²) >= 11 is 7.09. The minimum Gasteiger partial charge on any atom is -0.463 e. The average Bonchev–Trinajstić information content (AvgIpc) is 3.29. The second-order valence-electron chi connectivity index (χ2n) is 5.97. The van der Waals surface area contributed by atoms with E-state index in [-0.39, 0.29) is 0 Å². The summed E-state index contributed by atoms with van der Waals surface area (Å²) in [5.41, 5.74) is 1.95. The van der Waals surface area contributed by atoms with Gasteiger partial charge in [-0.05, 0) is 43.1 Å². The quantitative estimate of drug-likeness (QED) is 0.801. The lowest BCUT2D eigenvalue weighted by Gasteiger charge is -2.20. The van der Waals surface area contributed by atoms with Crippen molar-refractivity contribution in [2.45, 2.75) is 12.3 Å². The standard InChI is InChI=1S/C17H16ClN3OS/c18-14-5-3-12(4-6-14)2-1-9-22-17-16(19-23-20-17)15-11-21-8-7-13(15)10-21/h3-6,13,15H,7-11H2. The SMILES string of the molecule is Clc1ccc(C#CCOc2nsnc2C2CN3CCC2C3)cc1. The van der Waals surface area contributed by atoms with E-state index >= 15 is 0 Å². The molecular formula is C17H16ClN3OS. The second kappa shape index (κ2) is 6.48. The van der Waals surface area contributed by atoms with Crippen molar-refractivity contribution in [2.75, 3.05) is 26.2 Å².